The summed E-state index contributed by atoms with van der Waals surface area (Å²) in [6.45, 7) is 14.5. The second-order valence-corrected chi connectivity index (χ2v) is 10.4. The maximum absolute atomic E-state index is 12.5. The zero-order valence-corrected chi connectivity index (χ0v) is 21.1. The van der Waals surface area contributed by atoms with Gasteiger partial charge in [0.15, 0.2) is 6.10 Å². The third-order valence-electron chi connectivity index (χ3n) is 6.63. The molecule has 4 heteroatoms. The molecule has 1 atom stereocenters. The maximum Gasteiger partial charge on any atom is 0.337 e. The van der Waals surface area contributed by atoms with Crippen molar-refractivity contribution in [3.05, 3.63) is 93.5 Å². The number of benzene rings is 3. The number of fused-ring (bicyclic) bond motifs is 1. The molecule has 0 aromatic heterocycles. The lowest BCUT2D eigenvalue weighted by atomic mass is 9.83. The third kappa shape index (κ3) is 4.94. The van der Waals surface area contributed by atoms with E-state index in [4.69, 9.17) is 4.74 Å². The quantitative estimate of drug-likeness (QED) is 0.446. The SMILES string of the molecule is Cc1ccc(-c2c(C)c3c(c(C)c2C(OC(C)(C)C)C(=O)O)CN(Cc2ccccc2)C3)cc1. The lowest BCUT2D eigenvalue weighted by Crippen LogP contribution is -2.28. The fourth-order valence-corrected chi connectivity index (χ4v) is 5.05. The Morgan fingerprint density at radius 3 is 2.09 bits per heavy atom. The number of nitrogens with zero attached hydrogens (tertiary/aromatic N) is 1. The van der Waals surface area contributed by atoms with E-state index in [1.54, 1.807) is 0 Å². The molecule has 0 amide bonds. The first-order chi connectivity index (χ1) is 16.0. The standard InChI is InChI=1S/C30H35NO3/c1-19-12-14-23(15-13-19)26-20(2)24-17-31(16-22-10-8-7-9-11-22)18-25(24)21(3)27(26)28(29(32)33)34-30(4,5)6/h7-15,28H,16-18H2,1-6H3,(H,32,33). The van der Waals surface area contributed by atoms with Gasteiger partial charge >= 0.3 is 5.97 Å². The van der Waals surface area contributed by atoms with Gasteiger partial charge < -0.3 is 9.84 Å². The lowest BCUT2D eigenvalue weighted by molar-refractivity contribution is -0.160. The number of rotatable bonds is 6. The second kappa shape index (κ2) is 9.36. The first kappa shape index (κ1) is 24.2. The Kier molecular flexibility index (Phi) is 6.66. The van der Waals surface area contributed by atoms with Crippen LogP contribution in [0.2, 0.25) is 0 Å². The van der Waals surface area contributed by atoms with Crippen LogP contribution in [0.4, 0.5) is 0 Å². The number of aliphatic carboxylic acids is 1. The minimum absolute atomic E-state index is 0.591. The molecule has 34 heavy (non-hydrogen) atoms. The molecular weight excluding hydrogens is 422 g/mol. The highest BCUT2D eigenvalue weighted by Crippen LogP contribution is 2.43. The van der Waals surface area contributed by atoms with Crippen LogP contribution >= 0.6 is 0 Å². The summed E-state index contributed by atoms with van der Waals surface area (Å²) in [6, 6.07) is 18.9. The first-order valence-corrected chi connectivity index (χ1v) is 11.9. The van der Waals surface area contributed by atoms with Crippen LogP contribution in [-0.2, 0) is 29.2 Å². The van der Waals surface area contributed by atoms with Gasteiger partial charge in [0, 0.05) is 25.2 Å². The molecule has 1 aliphatic heterocycles. The van der Waals surface area contributed by atoms with Gasteiger partial charge in [-0.25, -0.2) is 4.79 Å². The van der Waals surface area contributed by atoms with E-state index in [1.165, 1.54) is 22.3 Å². The molecule has 1 aliphatic rings. The van der Waals surface area contributed by atoms with Gasteiger partial charge in [-0.15, -0.1) is 0 Å². The Morgan fingerprint density at radius 1 is 0.941 bits per heavy atom. The summed E-state index contributed by atoms with van der Waals surface area (Å²) in [5.74, 6) is -0.954. The van der Waals surface area contributed by atoms with E-state index >= 15 is 0 Å². The zero-order valence-electron chi connectivity index (χ0n) is 21.1. The van der Waals surface area contributed by atoms with Crippen molar-refractivity contribution in [2.45, 2.75) is 72.9 Å². The minimum atomic E-state index is -1.04. The average Bonchev–Trinajstić information content (AvgIpc) is 3.20. The first-order valence-electron chi connectivity index (χ1n) is 11.9. The molecule has 0 radical (unpaired) electrons. The van der Waals surface area contributed by atoms with Gasteiger partial charge in [-0.05, 0) is 80.5 Å². The molecule has 178 valence electrons. The van der Waals surface area contributed by atoms with E-state index in [9.17, 15) is 9.90 Å². The van der Waals surface area contributed by atoms with Crippen LogP contribution in [0.3, 0.4) is 0 Å². The molecule has 3 aromatic rings. The van der Waals surface area contributed by atoms with E-state index in [-0.39, 0.29) is 0 Å². The van der Waals surface area contributed by atoms with Crippen molar-refractivity contribution in [1.29, 1.82) is 0 Å². The Morgan fingerprint density at radius 2 is 1.53 bits per heavy atom. The monoisotopic (exact) mass is 457 g/mol. The van der Waals surface area contributed by atoms with E-state index in [0.29, 0.717) is 0 Å². The maximum atomic E-state index is 12.5. The van der Waals surface area contributed by atoms with Crippen LogP contribution in [0.1, 0.15) is 65.8 Å². The molecule has 0 bridgehead atoms. The number of carbonyl (C=O) groups is 1. The van der Waals surface area contributed by atoms with Crippen molar-refractivity contribution in [2.24, 2.45) is 0 Å². The summed E-state index contributed by atoms with van der Waals surface area (Å²) in [5, 5.41) is 10.3. The zero-order chi connectivity index (χ0) is 24.6. The van der Waals surface area contributed by atoms with Crippen LogP contribution in [0.15, 0.2) is 54.6 Å². The average molecular weight is 458 g/mol. The Balaban J connectivity index is 1.87. The molecule has 0 spiro atoms. The number of hydrogen-bond donors (Lipinski definition) is 1. The predicted molar refractivity (Wildman–Crippen MR) is 137 cm³/mol. The molecule has 0 saturated heterocycles. The van der Waals surface area contributed by atoms with Crippen molar-refractivity contribution < 1.29 is 14.6 Å². The largest absolute Gasteiger partial charge is 0.479 e. The number of hydrogen-bond acceptors (Lipinski definition) is 3. The van der Waals surface area contributed by atoms with Crippen LogP contribution < -0.4 is 0 Å². The van der Waals surface area contributed by atoms with Crippen molar-refractivity contribution >= 4 is 5.97 Å². The number of carboxylic acids is 1. The van der Waals surface area contributed by atoms with Crippen molar-refractivity contribution in [2.75, 3.05) is 0 Å². The normalized spacial score (nSPS) is 14.8. The van der Waals surface area contributed by atoms with E-state index in [0.717, 1.165) is 47.5 Å². The van der Waals surface area contributed by atoms with Crippen LogP contribution in [0.5, 0.6) is 0 Å². The Bertz CT molecular complexity index is 1190. The van der Waals surface area contributed by atoms with E-state index in [1.807, 2.05) is 26.8 Å². The van der Waals surface area contributed by atoms with Gasteiger partial charge in [-0.1, -0.05) is 60.2 Å². The van der Waals surface area contributed by atoms with Gasteiger partial charge in [0.05, 0.1) is 5.60 Å². The summed E-state index contributed by atoms with van der Waals surface area (Å²) in [4.78, 5) is 15.0. The highest BCUT2D eigenvalue weighted by atomic mass is 16.5. The van der Waals surface area contributed by atoms with Gasteiger partial charge in [0.2, 0.25) is 0 Å². The molecule has 4 nitrogen and oxygen atoms in total. The molecular formula is C30H35NO3. The van der Waals surface area contributed by atoms with Gasteiger partial charge in [-0.3, -0.25) is 4.90 Å². The number of ether oxygens (including phenoxy) is 1. The van der Waals surface area contributed by atoms with Gasteiger partial charge in [0.1, 0.15) is 0 Å². The fourth-order valence-electron chi connectivity index (χ4n) is 5.05. The van der Waals surface area contributed by atoms with Crippen molar-refractivity contribution in [1.82, 2.24) is 4.90 Å². The molecule has 0 fully saturated rings. The summed E-state index contributed by atoms with van der Waals surface area (Å²) in [5.41, 5.74) is 9.41. The van der Waals surface area contributed by atoms with E-state index in [2.05, 4.69) is 74.2 Å². The predicted octanol–water partition coefficient (Wildman–Crippen LogP) is 6.74. The van der Waals surface area contributed by atoms with E-state index < -0.39 is 17.7 Å². The summed E-state index contributed by atoms with van der Waals surface area (Å²) >= 11 is 0. The Labute approximate surface area is 203 Å². The summed E-state index contributed by atoms with van der Waals surface area (Å²) in [7, 11) is 0. The Hall–Kier alpha value is -2.95. The molecule has 0 saturated carbocycles. The summed E-state index contributed by atoms with van der Waals surface area (Å²) in [6.07, 6.45) is -1.04. The fraction of sp³-hybridized carbons (Fsp3) is 0.367. The molecule has 0 aliphatic carbocycles. The number of carboxylic acid groups (broad SMARTS) is 1. The molecule has 4 rings (SSSR count). The molecule has 1 heterocycles. The number of aryl methyl sites for hydroxylation is 1. The van der Waals surface area contributed by atoms with Gasteiger partial charge in [-0.2, -0.15) is 0 Å². The van der Waals surface area contributed by atoms with Crippen molar-refractivity contribution in [3.8, 4) is 11.1 Å². The minimum Gasteiger partial charge on any atom is -0.479 e. The molecule has 3 aromatic carbocycles. The lowest BCUT2D eigenvalue weighted by Gasteiger charge is -2.30. The topological polar surface area (TPSA) is 49.8 Å². The van der Waals surface area contributed by atoms with Crippen LogP contribution in [0, 0.1) is 20.8 Å². The van der Waals surface area contributed by atoms with Crippen LogP contribution in [-0.4, -0.2) is 21.6 Å². The van der Waals surface area contributed by atoms with Gasteiger partial charge in [0.25, 0.3) is 0 Å². The smallest absolute Gasteiger partial charge is 0.337 e. The molecule has 1 N–H and O–H groups in total. The highest BCUT2D eigenvalue weighted by molar-refractivity contribution is 5.84. The highest BCUT2D eigenvalue weighted by Gasteiger charge is 2.35. The van der Waals surface area contributed by atoms with Crippen molar-refractivity contribution in [3.63, 3.8) is 0 Å². The summed E-state index contributed by atoms with van der Waals surface area (Å²) < 4.78 is 6.18. The second-order valence-electron chi connectivity index (χ2n) is 10.4. The third-order valence-corrected chi connectivity index (χ3v) is 6.63. The molecule has 1 unspecified atom stereocenters. The van der Waals surface area contributed by atoms with Crippen LogP contribution in [0.25, 0.3) is 11.1 Å².